The van der Waals surface area contributed by atoms with E-state index < -0.39 is 10.0 Å². The molecule has 0 aromatic carbocycles. The predicted molar refractivity (Wildman–Crippen MR) is 127 cm³/mol. The number of aromatic nitrogens is 1. The summed E-state index contributed by atoms with van der Waals surface area (Å²) < 4.78 is 27.1. The molecule has 0 radical (unpaired) electrons. The second-order valence-corrected chi connectivity index (χ2v) is 10.0. The zero-order valence-corrected chi connectivity index (χ0v) is 19.4. The largest absolute Gasteiger partial charge is 0.357 e. The van der Waals surface area contributed by atoms with E-state index in [1.165, 1.54) is 31.3 Å². The summed E-state index contributed by atoms with van der Waals surface area (Å²) in [5.41, 5.74) is 1.52. The topological polar surface area (TPSA) is 89.9 Å². The number of nitrogens with one attached hydrogen (secondary N) is 2. The molecule has 0 atom stereocenters. The third-order valence-electron chi connectivity index (χ3n) is 5.69. The Morgan fingerprint density at radius 2 is 2.00 bits per heavy atom. The molecule has 1 fully saturated rings. The molecule has 31 heavy (non-hydrogen) atoms. The van der Waals surface area contributed by atoms with E-state index in [1.807, 2.05) is 25.1 Å². The molecule has 8 nitrogen and oxygen atoms in total. The van der Waals surface area contributed by atoms with Gasteiger partial charge in [0.2, 0.25) is 10.0 Å². The Hall–Kier alpha value is -2.13. The van der Waals surface area contributed by atoms with E-state index in [9.17, 15) is 8.42 Å². The first-order chi connectivity index (χ1) is 15.1. The lowest BCUT2D eigenvalue weighted by Crippen LogP contribution is -2.49. The van der Waals surface area contributed by atoms with Crippen LogP contribution in [0, 0.1) is 0 Å². The maximum atomic E-state index is 12.8. The first-order valence-electron chi connectivity index (χ1n) is 11.4. The third kappa shape index (κ3) is 7.50. The van der Waals surface area contributed by atoms with E-state index in [-0.39, 0.29) is 12.3 Å². The van der Waals surface area contributed by atoms with Gasteiger partial charge in [0.05, 0.1) is 12.3 Å². The average Bonchev–Trinajstić information content (AvgIpc) is 2.80. The van der Waals surface area contributed by atoms with Gasteiger partial charge >= 0.3 is 0 Å². The number of hydrogen-bond acceptors (Lipinski definition) is 5. The summed E-state index contributed by atoms with van der Waals surface area (Å²) in [6, 6.07) is 5.79. The van der Waals surface area contributed by atoms with Crippen LogP contribution in [0.15, 0.2) is 41.0 Å². The molecule has 2 heterocycles. The van der Waals surface area contributed by atoms with Crippen LogP contribution in [-0.2, 0) is 10.0 Å². The first-order valence-corrected chi connectivity index (χ1v) is 13.0. The predicted octanol–water partition coefficient (Wildman–Crippen LogP) is 1.98. The lowest BCUT2D eigenvalue weighted by atomic mass is 9.97. The van der Waals surface area contributed by atoms with Gasteiger partial charge in [-0.3, -0.25) is 4.99 Å². The van der Waals surface area contributed by atoms with Crippen LogP contribution >= 0.6 is 0 Å². The van der Waals surface area contributed by atoms with Gasteiger partial charge in [0.15, 0.2) is 5.96 Å². The number of allylic oxidation sites excluding steroid dienone is 1. The summed E-state index contributed by atoms with van der Waals surface area (Å²) in [6.45, 7) is 6.10. The Morgan fingerprint density at radius 1 is 1.16 bits per heavy atom. The molecule has 2 N–H and O–H groups in total. The summed E-state index contributed by atoms with van der Waals surface area (Å²) >= 11 is 0. The van der Waals surface area contributed by atoms with Gasteiger partial charge in [0, 0.05) is 45.5 Å². The Bertz CT molecular complexity index is 833. The van der Waals surface area contributed by atoms with Crippen LogP contribution in [0.1, 0.15) is 39.0 Å². The average molecular weight is 449 g/mol. The SMILES string of the molecule is CCNC(=NCCS(=O)(=O)N1CCN(c2ccccn2)CC1)NCCC1=CCCCC1. The molecule has 0 saturated carbocycles. The Morgan fingerprint density at radius 3 is 2.68 bits per heavy atom. The van der Waals surface area contributed by atoms with Crippen LogP contribution in [0.5, 0.6) is 0 Å². The maximum Gasteiger partial charge on any atom is 0.216 e. The van der Waals surface area contributed by atoms with Gasteiger partial charge in [-0.1, -0.05) is 17.7 Å². The number of piperazine rings is 1. The minimum absolute atomic E-state index is 0.0261. The van der Waals surface area contributed by atoms with Crippen molar-refractivity contribution >= 4 is 21.8 Å². The van der Waals surface area contributed by atoms with Gasteiger partial charge < -0.3 is 15.5 Å². The van der Waals surface area contributed by atoms with Gasteiger partial charge in [-0.15, -0.1) is 0 Å². The molecule has 1 aliphatic heterocycles. The first kappa shape index (κ1) is 23.5. The molecule has 0 unspecified atom stereocenters. The molecular weight excluding hydrogens is 412 g/mol. The van der Waals surface area contributed by atoms with Crippen molar-refractivity contribution in [1.82, 2.24) is 19.9 Å². The molecule has 0 bridgehead atoms. The minimum atomic E-state index is -3.32. The van der Waals surface area contributed by atoms with Crippen molar-refractivity contribution in [3.05, 3.63) is 36.0 Å². The van der Waals surface area contributed by atoms with E-state index in [0.717, 1.165) is 25.3 Å². The van der Waals surface area contributed by atoms with Crippen molar-refractivity contribution in [2.75, 3.05) is 56.5 Å². The number of hydrogen-bond donors (Lipinski definition) is 2. The molecule has 9 heteroatoms. The van der Waals surface area contributed by atoms with Crippen molar-refractivity contribution in [1.29, 1.82) is 0 Å². The molecule has 3 rings (SSSR count). The monoisotopic (exact) mass is 448 g/mol. The third-order valence-corrected chi connectivity index (χ3v) is 7.54. The quantitative estimate of drug-likeness (QED) is 0.341. The Balaban J connectivity index is 1.44. The molecule has 1 aromatic rings. The van der Waals surface area contributed by atoms with E-state index in [2.05, 4.69) is 31.6 Å². The molecule has 1 aromatic heterocycles. The van der Waals surface area contributed by atoms with Crippen molar-refractivity contribution < 1.29 is 8.42 Å². The highest BCUT2D eigenvalue weighted by molar-refractivity contribution is 7.89. The lowest BCUT2D eigenvalue weighted by Gasteiger charge is -2.34. The summed E-state index contributed by atoms with van der Waals surface area (Å²) in [5, 5.41) is 6.54. The van der Waals surface area contributed by atoms with E-state index in [0.29, 0.717) is 32.1 Å². The second-order valence-electron chi connectivity index (χ2n) is 7.94. The fourth-order valence-electron chi connectivity index (χ4n) is 3.95. The highest BCUT2D eigenvalue weighted by Crippen LogP contribution is 2.19. The van der Waals surface area contributed by atoms with Crippen molar-refractivity contribution in [3.63, 3.8) is 0 Å². The fourth-order valence-corrected chi connectivity index (χ4v) is 5.25. The number of pyridine rings is 1. The lowest BCUT2D eigenvalue weighted by molar-refractivity contribution is 0.384. The van der Waals surface area contributed by atoms with Crippen molar-refractivity contribution in [3.8, 4) is 0 Å². The van der Waals surface area contributed by atoms with Crippen LogP contribution < -0.4 is 15.5 Å². The molecule has 172 valence electrons. The number of aliphatic imine (C=N–C) groups is 1. The number of sulfonamides is 1. The number of guanidine groups is 1. The summed E-state index contributed by atoms with van der Waals surface area (Å²) in [6.07, 6.45) is 10.1. The van der Waals surface area contributed by atoms with Crippen LogP contribution in [0.3, 0.4) is 0 Å². The molecule has 2 aliphatic rings. The normalized spacial score (nSPS) is 18.5. The second kappa shape index (κ2) is 12.0. The zero-order chi connectivity index (χ0) is 21.9. The van der Waals surface area contributed by atoms with Gasteiger partial charge in [0.25, 0.3) is 0 Å². The van der Waals surface area contributed by atoms with Gasteiger partial charge in [-0.25, -0.2) is 13.4 Å². The van der Waals surface area contributed by atoms with Crippen LogP contribution in [0.4, 0.5) is 5.82 Å². The smallest absolute Gasteiger partial charge is 0.216 e. The van der Waals surface area contributed by atoms with Crippen LogP contribution in [0.25, 0.3) is 0 Å². The van der Waals surface area contributed by atoms with E-state index in [4.69, 9.17) is 0 Å². The Kier molecular flexibility index (Phi) is 9.14. The molecule has 0 spiro atoms. The zero-order valence-electron chi connectivity index (χ0n) is 18.6. The fraction of sp³-hybridized carbons (Fsp3) is 0.636. The van der Waals surface area contributed by atoms with Gasteiger partial charge in [0.1, 0.15) is 5.82 Å². The number of rotatable bonds is 9. The van der Waals surface area contributed by atoms with Gasteiger partial charge in [-0.05, 0) is 51.2 Å². The standard InChI is InChI=1S/C22H36N6O2S/c1-2-23-22(25-13-11-20-8-4-3-5-9-20)26-14-19-31(29,30)28-17-15-27(16-18-28)21-10-6-7-12-24-21/h6-8,10,12H,2-5,9,11,13-19H2,1H3,(H2,23,25,26). The van der Waals surface area contributed by atoms with Crippen molar-refractivity contribution in [2.45, 2.75) is 39.0 Å². The minimum Gasteiger partial charge on any atom is -0.357 e. The molecule has 0 amide bonds. The number of nitrogens with zero attached hydrogens (tertiary/aromatic N) is 4. The maximum absolute atomic E-state index is 12.8. The van der Waals surface area contributed by atoms with Gasteiger partial charge in [-0.2, -0.15) is 4.31 Å². The van der Waals surface area contributed by atoms with Crippen LogP contribution in [0.2, 0.25) is 0 Å². The number of anilines is 1. The molecular formula is C22H36N6O2S. The summed E-state index contributed by atoms with van der Waals surface area (Å²) in [4.78, 5) is 11.0. The van der Waals surface area contributed by atoms with E-state index >= 15 is 0 Å². The van der Waals surface area contributed by atoms with Crippen LogP contribution in [-0.4, -0.2) is 75.2 Å². The molecule has 1 aliphatic carbocycles. The molecule has 1 saturated heterocycles. The summed E-state index contributed by atoms with van der Waals surface area (Å²) in [5.74, 6) is 1.61. The highest BCUT2D eigenvalue weighted by atomic mass is 32.2. The summed E-state index contributed by atoms with van der Waals surface area (Å²) in [7, 11) is -3.32. The van der Waals surface area contributed by atoms with E-state index in [1.54, 1.807) is 10.5 Å². The highest BCUT2D eigenvalue weighted by Gasteiger charge is 2.27. The Labute approximate surface area is 186 Å². The van der Waals surface area contributed by atoms with Crippen molar-refractivity contribution in [2.24, 2.45) is 4.99 Å².